The molecule has 1 heterocycles. The molecule has 0 radical (unpaired) electrons. The van der Waals surface area contributed by atoms with Crippen molar-refractivity contribution in [3.8, 4) is 0 Å². The SMILES string of the molecule is O=C(OC1(C2CCOC2)CC1)c1cc(F)ccc1F. The summed E-state index contributed by atoms with van der Waals surface area (Å²) in [6, 6.07) is 2.78. The number of carbonyl (C=O) groups is 1. The van der Waals surface area contributed by atoms with E-state index in [-0.39, 0.29) is 11.5 Å². The lowest BCUT2D eigenvalue weighted by Gasteiger charge is -2.22. The second-order valence-corrected chi connectivity index (χ2v) is 5.14. The molecule has 1 saturated carbocycles. The van der Waals surface area contributed by atoms with Crippen molar-refractivity contribution in [2.75, 3.05) is 13.2 Å². The van der Waals surface area contributed by atoms with Crippen LogP contribution in [0.4, 0.5) is 8.78 Å². The predicted octanol–water partition coefficient (Wildman–Crippen LogP) is 2.69. The summed E-state index contributed by atoms with van der Waals surface area (Å²) in [7, 11) is 0. The van der Waals surface area contributed by atoms with Gasteiger partial charge in [0.15, 0.2) is 0 Å². The maximum atomic E-state index is 13.5. The summed E-state index contributed by atoms with van der Waals surface area (Å²) in [6.45, 7) is 1.23. The highest BCUT2D eigenvalue weighted by atomic mass is 19.1. The van der Waals surface area contributed by atoms with Gasteiger partial charge in [-0.2, -0.15) is 0 Å². The van der Waals surface area contributed by atoms with Crippen LogP contribution in [0.2, 0.25) is 0 Å². The van der Waals surface area contributed by atoms with E-state index in [1.54, 1.807) is 0 Å². The molecule has 0 amide bonds. The van der Waals surface area contributed by atoms with Gasteiger partial charge in [0.2, 0.25) is 0 Å². The van der Waals surface area contributed by atoms with E-state index >= 15 is 0 Å². The van der Waals surface area contributed by atoms with Crippen LogP contribution >= 0.6 is 0 Å². The molecule has 2 fully saturated rings. The van der Waals surface area contributed by atoms with Gasteiger partial charge < -0.3 is 9.47 Å². The Morgan fingerprint density at radius 3 is 2.79 bits per heavy atom. The normalized spacial score (nSPS) is 24.2. The van der Waals surface area contributed by atoms with Crippen molar-refractivity contribution in [3.63, 3.8) is 0 Å². The van der Waals surface area contributed by atoms with Gasteiger partial charge in [-0.25, -0.2) is 13.6 Å². The van der Waals surface area contributed by atoms with Gasteiger partial charge in [-0.05, 0) is 37.5 Å². The van der Waals surface area contributed by atoms with Crippen molar-refractivity contribution < 1.29 is 23.0 Å². The fraction of sp³-hybridized carbons (Fsp3) is 0.500. The lowest BCUT2D eigenvalue weighted by atomic mass is 9.99. The van der Waals surface area contributed by atoms with Crippen LogP contribution in [0.25, 0.3) is 0 Å². The summed E-state index contributed by atoms with van der Waals surface area (Å²) in [4.78, 5) is 12.0. The molecule has 1 saturated heterocycles. The van der Waals surface area contributed by atoms with E-state index in [9.17, 15) is 13.6 Å². The largest absolute Gasteiger partial charge is 0.455 e. The van der Waals surface area contributed by atoms with Crippen molar-refractivity contribution in [2.45, 2.75) is 24.9 Å². The highest BCUT2D eigenvalue weighted by molar-refractivity contribution is 5.90. The van der Waals surface area contributed by atoms with E-state index in [0.717, 1.165) is 37.5 Å². The molecule has 1 aliphatic carbocycles. The summed E-state index contributed by atoms with van der Waals surface area (Å²) in [6.07, 6.45) is 2.38. The van der Waals surface area contributed by atoms with Crippen molar-refractivity contribution >= 4 is 5.97 Å². The van der Waals surface area contributed by atoms with Crippen LogP contribution in [0.1, 0.15) is 29.6 Å². The van der Waals surface area contributed by atoms with E-state index in [0.29, 0.717) is 13.2 Å². The molecule has 1 atom stereocenters. The molecule has 0 spiro atoms. The average molecular weight is 268 g/mol. The molecular weight excluding hydrogens is 254 g/mol. The van der Waals surface area contributed by atoms with Gasteiger partial charge in [0, 0.05) is 12.5 Å². The van der Waals surface area contributed by atoms with Crippen LogP contribution in [-0.4, -0.2) is 24.8 Å². The summed E-state index contributed by atoms with van der Waals surface area (Å²) in [5, 5.41) is 0. The first-order valence-electron chi connectivity index (χ1n) is 6.37. The zero-order valence-electron chi connectivity index (χ0n) is 10.3. The first-order chi connectivity index (χ1) is 9.11. The number of hydrogen-bond donors (Lipinski definition) is 0. The molecule has 3 rings (SSSR count). The monoisotopic (exact) mass is 268 g/mol. The van der Waals surface area contributed by atoms with Crippen molar-refractivity contribution in [1.82, 2.24) is 0 Å². The van der Waals surface area contributed by atoms with Crippen LogP contribution < -0.4 is 0 Å². The molecule has 2 aliphatic rings. The highest BCUT2D eigenvalue weighted by Gasteiger charge is 2.54. The maximum absolute atomic E-state index is 13.5. The molecule has 3 nitrogen and oxygen atoms in total. The fourth-order valence-electron chi connectivity index (χ4n) is 2.56. The molecule has 0 aromatic heterocycles. The van der Waals surface area contributed by atoms with E-state index in [1.165, 1.54) is 0 Å². The van der Waals surface area contributed by atoms with Gasteiger partial charge in [-0.15, -0.1) is 0 Å². The average Bonchev–Trinajstić information content (AvgIpc) is 2.95. The third kappa shape index (κ3) is 2.34. The minimum Gasteiger partial charge on any atom is -0.455 e. The Balaban J connectivity index is 1.76. The molecule has 5 heteroatoms. The smallest absolute Gasteiger partial charge is 0.341 e. The number of rotatable bonds is 3. The Labute approximate surface area is 109 Å². The Morgan fingerprint density at radius 2 is 2.16 bits per heavy atom. The quantitative estimate of drug-likeness (QED) is 0.791. The van der Waals surface area contributed by atoms with Crippen LogP contribution in [0.5, 0.6) is 0 Å². The van der Waals surface area contributed by atoms with E-state index in [2.05, 4.69) is 0 Å². The highest BCUT2D eigenvalue weighted by Crippen LogP contribution is 2.49. The Morgan fingerprint density at radius 1 is 1.37 bits per heavy atom. The molecule has 1 aromatic carbocycles. The van der Waals surface area contributed by atoms with Gasteiger partial charge in [0.25, 0.3) is 0 Å². The lowest BCUT2D eigenvalue weighted by Crippen LogP contribution is -2.29. The third-order valence-electron chi connectivity index (χ3n) is 3.86. The standard InChI is InChI=1S/C14H14F2O3/c15-10-1-2-12(16)11(7-10)13(17)19-14(4-5-14)9-3-6-18-8-9/h1-2,7,9H,3-6,8H2. The summed E-state index contributed by atoms with van der Waals surface area (Å²) in [5.41, 5.74) is -0.864. The number of carbonyl (C=O) groups excluding carboxylic acids is 1. The van der Waals surface area contributed by atoms with Gasteiger partial charge in [0.05, 0.1) is 12.2 Å². The molecule has 0 N–H and O–H groups in total. The Hall–Kier alpha value is -1.49. The van der Waals surface area contributed by atoms with E-state index in [1.807, 2.05) is 0 Å². The minimum atomic E-state index is -0.790. The van der Waals surface area contributed by atoms with Crippen molar-refractivity contribution in [2.24, 2.45) is 5.92 Å². The molecule has 0 bridgehead atoms. The van der Waals surface area contributed by atoms with Crippen LogP contribution in [0.3, 0.4) is 0 Å². The molecule has 102 valence electrons. The molecule has 1 aliphatic heterocycles. The number of halogens is 2. The van der Waals surface area contributed by atoms with E-state index < -0.39 is 23.2 Å². The molecule has 1 unspecified atom stereocenters. The predicted molar refractivity (Wildman–Crippen MR) is 62.7 cm³/mol. The molecule has 19 heavy (non-hydrogen) atoms. The third-order valence-corrected chi connectivity index (χ3v) is 3.86. The number of ether oxygens (including phenoxy) is 2. The topological polar surface area (TPSA) is 35.5 Å². The number of benzene rings is 1. The number of hydrogen-bond acceptors (Lipinski definition) is 3. The maximum Gasteiger partial charge on any atom is 0.341 e. The van der Waals surface area contributed by atoms with Gasteiger partial charge in [-0.3, -0.25) is 0 Å². The second kappa shape index (κ2) is 4.56. The van der Waals surface area contributed by atoms with E-state index in [4.69, 9.17) is 9.47 Å². The summed E-state index contributed by atoms with van der Waals surface area (Å²) in [5.74, 6) is -2.03. The van der Waals surface area contributed by atoms with Crippen LogP contribution in [-0.2, 0) is 9.47 Å². The fourth-order valence-corrected chi connectivity index (χ4v) is 2.56. The van der Waals surface area contributed by atoms with Gasteiger partial charge in [-0.1, -0.05) is 0 Å². The van der Waals surface area contributed by atoms with Crippen molar-refractivity contribution in [1.29, 1.82) is 0 Å². The van der Waals surface area contributed by atoms with Gasteiger partial charge in [0.1, 0.15) is 17.2 Å². The zero-order valence-corrected chi connectivity index (χ0v) is 10.3. The van der Waals surface area contributed by atoms with Crippen LogP contribution in [0.15, 0.2) is 18.2 Å². The summed E-state index contributed by atoms with van der Waals surface area (Å²) < 4.78 is 37.3. The van der Waals surface area contributed by atoms with Gasteiger partial charge >= 0.3 is 5.97 Å². The lowest BCUT2D eigenvalue weighted by molar-refractivity contribution is 0.000344. The molecular formula is C14H14F2O3. The van der Waals surface area contributed by atoms with Crippen LogP contribution in [0, 0.1) is 17.6 Å². The zero-order chi connectivity index (χ0) is 13.5. The Bertz CT molecular complexity index is 505. The number of esters is 1. The Kier molecular flexibility index (Phi) is 3.01. The van der Waals surface area contributed by atoms with Crippen molar-refractivity contribution in [3.05, 3.63) is 35.4 Å². The summed E-state index contributed by atoms with van der Waals surface area (Å²) >= 11 is 0. The molecule has 1 aromatic rings. The second-order valence-electron chi connectivity index (χ2n) is 5.14. The first-order valence-corrected chi connectivity index (χ1v) is 6.37. The minimum absolute atomic E-state index is 0.174. The first kappa shape index (κ1) is 12.5.